The highest BCUT2D eigenvalue weighted by molar-refractivity contribution is 9.10. The Morgan fingerprint density at radius 3 is 2.60 bits per heavy atom. The molecule has 1 saturated carbocycles. The van der Waals surface area contributed by atoms with Gasteiger partial charge in [0.05, 0.1) is 12.6 Å². The number of rotatable bonds is 5. The molecule has 0 spiro atoms. The summed E-state index contributed by atoms with van der Waals surface area (Å²) < 4.78 is 6.40. The summed E-state index contributed by atoms with van der Waals surface area (Å²) in [7, 11) is 1.74. The van der Waals surface area contributed by atoms with Gasteiger partial charge in [-0.1, -0.05) is 29.8 Å². The van der Waals surface area contributed by atoms with Crippen LogP contribution in [0, 0.1) is 5.41 Å². The van der Waals surface area contributed by atoms with Crippen molar-refractivity contribution in [2.75, 3.05) is 19.0 Å². The fourth-order valence-electron chi connectivity index (χ4n) is 2.59. The lowest BCUT2D eigenvalue weighted by molar-refractivity contribution is -0.119. The summed E-state index contributed by atoms with van der Waals surface area (Å²) in [6.07, 6.45) is 1.23. The van der Waals surface area contributed by atoms with Gasteiger partial charge in [0.1, 0.15) is 0 Å². The quantitative estimate of drug-likeness (QED) is 0.866. The number of hydrogen-bond acceptors (Lipinski definition) is 3. The van der Waals surface area contributed by atoms with Crippen molar-refractivity contribution in [1.82, 2.24) is 5.32 Å². The van der Waals surface area contributed by atoms with Crippen LogP contribution in [0.25, 0.3) is 0 Å². The molecule has 1 aliphatic rings. The van der Waals surface area contributed by atoms with Gasteiger partial charge in [0.25, 0.3) is 0 Å². The second-order valence-electron chi connectivity index (χ2n) is 5.77. The van der Waals surface area contributed by atoms with Gasteiger partial charge < -0.3 is 15.4 Å². The number of benzene rings is 1. The number of carbonyl (C=O) groups is 1. The third-order valence-corrected chi connectivity index (χ3v) is 4.63. The van der Waals surface area contributed by atoms with Crippen molar-refractivity contribution in [1.29, 1.82) is 0 Å². The van der Waals surface area contributed by atoms with Crippen LogP contribution in [-0.2, 0) is 9.53 Å². The molecule has 20 heavy (non-hydrogen) atoms. The van der Waals surface area contributed by atoms with Crippen LogP contribution in [0.3, 0.4) is 0 Å². The Hall–Kier alpha value is -0.910. The van der Waals surface area contributed by atoms with E-state index in [1.54, 1.807) is 7.11 Å². The fraction of sp³-hybridized carbons (Fsp3) is 0.533. The normalized spacial score (nSPS) is 24.0. The van der Waals surface area contributed by atoms with Crippen molar-refractivity contribution in [3.05, 3.63) is 28.7 Å². The van der Waals surface area contributed by atoms with Gasteiger partial charge in [-0.15, -0.1) is 0 Å². The first kappa shape index (κ1) is 15.5. The largest absolute Gasteiger partial charge is 0.381 e. The lowest BCUT2D eigenvalue weighted by Crippen LogP contribution is -2.61. The number of halogens is 1. The zero-order valence-electron chi connectivity index (χ0n) is 12.1. The van der Waals surface area contributed by atoms with Gasteiger partial charge in [0, 0.05) is 28.7 Å². The molecule has 1 aromatic carbocycles. The van der Waals surface area contributed by atoms with Crippen molar-refractivity contribution in [2.45, 2.75) is 32.4 Å². The van der Waals surface area contributed by atoms with E-state index in [1.807, 2.05) is 24.3 Å². The van der Waals surface area contributed by atoms with Crippen molar-refractivity contribution in [3.63, 3.8) is 0 Å². The van der Waals surface area contributed by atoms with Crippen LogP contribution in [0.1, 0.15) is 20.3 Å². The van der Waals surface area contributed by atoms with Crippen LogP contribution >= 0.6 is 15.9 Å². The third-order valence-electron chi connectivity index (χ3n) is 4.10. The fourth-order valence-corrected chi connectivity index (χ4v) is 2.85. The average molecular weight is 341 g/mol. The van der Waals surface area contributed by atoms with Crippen molar-refractivity contribution >= 4 is 27.5 Å². The number of amides is 1. The number of ether oxygens (including phenoxy) is 1. The maximum atomic E-state index is 11.9. The van der Waals surface area contributed by atoms with E-state index in [-0.39, 0.29) is 17.4 Å². The average Bonchev–Trinajstić information content (AvgIpc) is 2.40. The van der Waals surface area contributed by atoms with E-state index in [2.05, 4.69) is 40.4 Å². The molecule has 5 heteroatoms. The predicted octanol–water partition coefficient (Wildman–Crippen LogP) is 2.79. The lowest BCUT2D eigenvalue weighted by atomic mass is 9.64. The predicted molar refractivity (Wildman–Crippen MR) is 83.8 cm³/mol. The van der Waals surface area contributed by atoms with Gasteiger partial charge in [-0.3, -0.25) is 4.79 Å². The molecule has 2 N–H and O–H groups in total. The second kappa shape index (κ2) is 6.24. The van der Waals surface area contributed by atoms with Crippen LogP contribution in [-0.4, -0.2) is 31.7 Å². The standard InChI is InChI=1S/C15H21BrN2O2/c1-15(2)12(8-13(15)20-3)17-9-14(19)18-11-6-4-10(16)5-7-11/h4-7,12-13,17H,8-9H2,1-3H3,(H,18,19). The Kier molecular flexibility index (Phi) is 4.83. The van der Waals surface area contributed by atoms with Crippen LogP contribution in [0.5, 0.6) is 0 Å². The van der Waals surface area contributed by atoms with Gasteiger partial charge >= 0.3 is 0 Å². The van der Waals surface area contributed by atoms with Crippen molar-refractivity contribution in [3.8, 4) is 0 Å². The van der Waals surface area contributed by atoms with E-state index in [9.17, 15) is 4.79 Å². The number of nitrogens with one attached hydrogen (secondary N) is 2. The van der Waals surface area contributed by atoms with E-state index in [1.165, 1.54) is 0 Å². The van der Waals surface area contributed by atoms with Gasteiger partial charge in [-0.2, -0.15) is 0 Å². The van der Waals surface area contributed by atoms with E-state index >= 15 is 0 Å². The molecule has 2 rings (SSSR count). The zero-order chi connectivity index (χ0) is 14.8. The second-order valence-corrected chi connectivity index (χ2v) is 6.69. The Balaban J connectivity index is 1.77. The van der Waals surface area contributed by atoms with Gasteiger partial charge in [-0.25, -0.2) is 0 Å². The van der Waals surface area contributed by atoms with Crippen molar-refractivity contribution < 1.29 is 9.53 Å². The first-order chi connectivity index (χ1) is 9.43. The number of anilines is 1. The van der Waals surface area contributed by atoms with E-state index in [0.717, 1.165) is 16.6 Å². The first-order valence-electron chi connectivity index (χ1n) is 6.75. The minimum Gasteiger partial charge on any atom is -0.381 e. The molecule has 2 unspecified atom stereocenters. The number of carbonyl (C=O) groups excluding carboxylic acids is 1. The summed E-state index contributed by atoms with van der Waals surface area (Å²) in [5.74, 6) is -0.0241. The van der Waals surface area contributed by atoms with Gasteiger partial charge in [0.2, 0.25) is 5.91 Å². The first-order valence-corrected chi connectivity index (χ1v) is 7.54. The lowest BCUT2D eigenvalue weighted by Gasteiger charge is -2.51. The summed E-state index contributed by atoms with van der Waals surface area (Å²) in [6, 6.07) is 7.87. The maximum Gasteiger partial charge on any atom is 0.238 e. The molecule has 1 amide bonds. The molecule has 1 aliphatic carbocycles. The zero-order valence-corrected chi connectivity index (χ0v) is 13.7. The summed E-state index contributed by atoms with van der Waals surface area (Å²) >= 11 is 3.37. The maximum absolute atomic E-state index is 11.9. The molecule has 2 atom stereocenters. The Morgan fingerprint density at radius 1 is 1.40 bits per heavy atom. The highest BCUT2D eigenvalue weighted by atomic mass is 79.9. The Morgan fingerprint density at radius 2 is 2.05 bits per heavy atom. The minimum atomic E-state index is -0.0241. The van der Waals surface area contributed by atoms with E-state index in [0.29, 0.717) is 12.6 Å². The smallest absolute Gasteiger partial charge is 0.238 e. The van der Waals surface area contributed by atoms with Crippen LogP contribution in [0.15, 0.2) is 28.7 Å². The Labute approximate surface area is 128 Å². The molecule has 1 aromatic rings. The third kappa shape index (κ3) is 3.40. The topological polar surface area (TPSA) is 50.4 Å². The van der Waals surface area contributed by atoms with Crippen molar-refractivity contribution in [2.24, 2.45) is 5.41 Å². The molecule has 4 nitrogen and oxygen atoms in total. The van der Waals surface area contributed by atoms with Crippen LogP contribution in [0.2, 0.25) is 0 Å². The monoisotopic (exact) mass is 340 g/mol. The molecule has 1 fully saturated rings. The molecule has 0 radical (unpaired) electrons. The summed E-state index contributed by atoms with van der Waals surface area (Å²) in [6.45, 7) is 4.64. The van der Waals surface area contributed by atoms with E-state index in [4.69, 9.17) is 4.74 Å². The van der Waals surface area contributed by atoms with E-state index < -0.39 is 0 Å². The highest BCUT2D eigenvalue weighted by Gasteiger charge is 2.48. The molecular weight excluding hydrogens is 320 g/mol. The molecule has 0 aromatic heterocycles. The summed E-state index contributed by atoms with van der Waals surface area (Å²) in [4.78, 5) is 11.9. The van der Waals surface area contributed by atoms with Gasteiger partial charge in [-0.05, 0) is 30.7 Å². The number of methoxy groups -OCH3 is 1. The van der Waals surface area contributed by atoms with Crippen LogP contribution < -0.4 is 10.6 Å². The highest BCUT2D eigenvalue weighted by Crippen LogP contribution is 2.42. The summed E-state index contributed by atoms with van der Waals surface area (Å²) in [5.41, 5.74) is 0.884. The molecule has 0 saturated heterocycles. The molecule has 110 valence electrons. The summed E-state index contributed by atoms with van der Waals surface area (Å²) in [5, 5.41) is 6.18. The SMILES string of the molecule is COC1CC(NCC(=O)Nc2ccc(Br)cc2)C1(C)C. The van der Waals surface area contributed by atoms with Crippen LogP contribution in [0.4, 0.5) is 5.69 Å². The number of hydrogen-bond donors (Lipinski definition) is 2. The van der Waals surface area contributed by atoms with Gasteiger partial charge in [0.15, 0.2) is 0 Å². The molecular formula is C15H21BrN2O2. The minimum absolute atomic E-state index is 0.0241. The molecule has 0 bridgehead atoms. The Bertz CT molecular complexity index is 473. The molecule has 0 aliphatic heterocycles. The molecule has 0 heterocycles.